The first-order valence-corrected chi connectivity index (χ1v) is 11.6. The van der Waals surface area contributed by atoms with E-state index in [1.54, 1.807) is 12.1 Å². The molecule has 3 aliphatic heterocycles. The van der Waals surface area contributed by atoms with E-state index in [-0.39, 0.29) is 29.5 Å². The van der Waals surface area contributed by atoms with E-state index in [9.17, 15) is 13.6 Å². The molecule has 178 valence electrons. The molecule has 9 heteroatoms. The van der Waals surface area contributed by atoms with Crippen LogP contribution in [0.4, 0.5) is 8.78 Å². The Bertz CT molecular complexity index is 1050. The molecule has 3 aliphatic rings. The molecule has 0 spiro atoms. The summed E-state index contributed by atoms with van der Waals surface area (Å²) in [5.74, 6) is 0.162. The van der Waals surface area contributed by atoms with E-state index in [4.69, 9.17) is 4.74 Å². The van der Waals surface area contributed by atoms with Gasteiger partial charge < -0.3 is 29.0 Å². The standard InChI is InChI=1S/C24H29F2N3O4/c1-3-18(16-6-7-21-22(12-16)33-24(25,26)32-21)27-13-17-11-19(29-9-10-31-14-20(17)29)23(30)28-8-4-5-15(28)2/h6-7,11-12,15,18,27H,3-5,8-10,13-14H2,1-2H3/t15-,18+/m0/s1. The molecule has 2 aromatic rings. The molecule has 2 atom stereocenters. The summed E-state index contributed by atoms with van der Waals surface area (Å²) in [6.45, 7) is 7.17. The van der Waals surface area contributed by atoms with E-state index < -0.39 is 6.29 Å². The van der Waals surface area contributed by atoms with Crippen LogP contribution in [0.5, 0.6) is 11.5 Å². The average molecular weight is 462 g/mol. The smallest absolute Gasteiger partial charge is 0.395 e. The number of aromatic nitrogens is 1. The summed E-state index contributed by atoms with van der Waals surface area (Å²) >= 11 is 0. The van der Waals surface area contributed by atoms with Crippen LogP contribution < -0.4 is 14.8 Å². The van der Waals surface area contributed by atoms with Crippen LogP contribution in [0.3, 0.4) is 0 Å². The van der Waals surface area contributed by atoms with E-state index in [0.29, 0.717) is 26.3 Å². The van der Waals surface area contributed by atoms with Crippen molar-refractivity contribution in [2.45, 2.75) is 71.2 Å². The highest BCUT2D eigenvalue weighted by Gasteiger charge is 2.43. The highest BCUT2D eigenvalue weighted by Crippen LogP contribution is 2.42. The fourth-order valence-corrected chi connectivity index (χ4v) is 5.02. The van der Waals surface area contributed by atoms with Crippen LogP contribution in [0.1, 0.15) is 66.5 Å². The number of amides is 1. The number of fused-ring (bicyclic) bond motifs is 2. The Labute approximate surface area is 191 Å². The van der Waals surface area contributed by atoms with E-state index in [1.807, 2.05) is 17.9 Å². The number of alkyl halides is 2. The Morgan fingerprint density at radius 1 is 1.24 bits per heavy atom. The van der Waals surface area contributed by atoms with Gasteiger partial charge in [0.05, 0.1) is 13.2 Å². The molecular weight excluding hydrogens is 432 g/mol. The fraction of sp³-hybridized carbons (Fsp3) is 0.542. The summed E-state index contributed by atoms with van der Waals surface area (Å²) in [4.78, 5) is 15.2. The number of carbonyl (C=O) groups is 1. The Balaban J connectivity index is 1.35. The SMILES string of the molecule is CC[C@@H](NCc1cc(C(=O)N2CCC[C@@H]2C)n2c1COCC2)c1ccc2c(c1)OC(F)(F)O2. The monoisotopic (exact) mass is 461 g/mol. The van der Waals surface area contributed by atoms with Gasteiger partial charge in [-0.15, -0.1) is 8.78 Å². The highest BCUT2D eigenvalue weighted by atomic mass is 19.3. The predicted octanol–water partition coefficient (Wildman–Crippen LogP) is 4.21. The van der Waals surface area contributed by atoms with Crippen molar-refractivity contribution in [2.24, 2.45) is 0 Å². The second-order valence-electron chi connectivity index (χ2n) is 8.91. The average Bonchev–Trinajstić information content (AvgIpc) is 3.47. The van der Waals surface area contributed by atoms with E-state index in [1.165, 1.54) is 6.07 Å². The van der Waals surface area contributed by atoms with Gasteiger partial charge in [-0.3, -0.25) is 4.79 Å². The lowest BCUT2D eigenvalue weighted by Crippen LogP contribution is -2.35. The molecule has 4 heterocycles. The molecule has 0 saturated carbocycles. The van der Waals surface area contributed by atoms with Crippen LogP contribution >= 0.6 is 0 Å². The first-order valence-electron chi connectivity index (χ1n) is 11.6. The lowest BCUT2D eigenvalue weighted by atomic mass is 10.0. The van der Waals surface area contributed by atoms with Crippen molar-refractivity contribution in [1.29, 1.82) is 0 Å². The maximum Gasteiger partial charge on any atom is 0.586 e. The van der Waals surface area contributed by atoms with Crippen molar-refractivity contribution in [3.63, 3.8) is 0 Å². The molecule has 7 nitrogen and oxygen atoms in total. The van der Waals surface area contributed by atoms with Crippen molar-refractivity contribution in [2.75, 3.05) is 13.2 Å². The number of nitrogens with zero attached hydrogens (tertiary/aromatic N) is 2. The number of hydrogen-bond acceptors (Lipinski definition) is 5. The highest BCUT2D eigenvalue weighted by molar-refractivity contribution is 5.93. The summed E-state index contributed by atoms with van der Waals surface area (Å²) in [5.41, 5.74) is 3.60. The fourth-order valence-electron chi connectivity index (χ4n) is 5.02. The summed E-state index contributed by atoms with van der Waals surface area (Å²) in [7, 11) is 0. The maximum atomic E-state index is 13.4. The number of halogens is 2. The van der Waals surface area contributed by atoms with E-state index in [2.05, 4.69) is 26.3 Å². The molecule has 0 bridgehead atoms. The number of likely N-dealkylation sites (tertiary alicyclic amines) is 1. The Kier molecular flexibility index (Phi) is 5.78. The molecule has 1 saturated heterocycles. The van der Waals surface area contributed by atoms with Gasteiger partial charge in [-0.05, 0) is 55.5 Å². The first kappa shape index (κ1) is 22.2. The van der Waals surface area contributed by atoms with Crippen molar-refractivity contribution < 1.29 is 27.8 Å². The van der Waals surface area contributed by atoms with Crippen LogP contribution in [0.2, 0.25) is 0 Å². The molecule has 33 heavy (non-hydrogen) atoms. The van der Waals surface area contributed by atoms with Gasteiger partial charge in [-0.1, -0.05) is 13.0 Å². The molecule has 1 N–H and O–H groups in total. The van der Waals surface area contributed by atoms with Gasteiger partial charge in [0.1, 0.15) is 5.69 Å². The van der Waals surface area contributed by atoms with Crippen LogP contribution in [-0.4, -0.2) is 40.9 Å². The summed E-state index contributed by atoms with van der Waals surface area (Å²) in [6, 6.07) is 7.04. The normalized spacial score (nSPS) is 21.8. The van der Waals surface area contributed by atoms with Gasteiger partial charge in [0.2, 0.25) is 0 Å². The Morgan fingerprint density at radius 2 is 2.06 bits per heavy atom. The van der Waals surface area contributed by atoms with E-state index >= 15 is 0 Å². The van der Waals surface area contributed by atoms with Crippen LogP contribution in [0.15, 0.2) is 24.3 Å². The van der Waals surface area contributed by atoms with Crippen molar-refractivity contribution in [1.82, 2.24) is 14.8 Å². The molecule has 0 radical (unpaired) electrons. The van der Waals surface area contributed by atoms with Crippen molar-refractivity contribution in [3.05, 3.63) is 46.8 Å². The van der Waals surface area contributed by atoms with E-state index in [0.717, 1.165) is 48.3 Å². The number of carbonyl (C=O) groups excluding carboxylic acids is 1. The minimum atomic E-state index is -3.63. The molecular formula is C24H29F2N3O4. The number of hydrogen-bond donors (Lipinski definition) is 1. The third kappa shape index (κ3) is 4.19. The largest absolute Gasteiger partial charge is 0.586 e. The summed E-state index contributed by atoms with van der Waals surface area (Å²) in [6.07, 6.45) is -0.800. The minimum absolute atomic E-state index is 0.0385. The summed E-state index contributed by atoms with van der Waals surface area (Å²) in [5, 5.41) is 3.52. The third-order valence-electron chi connectivity index (χ3n) is 6.80. The third-order valence-corrected chi connectivity index (χ3v) is 6.80. The Morgan fingerprint density at radius 3 is 2.82 bits per heavy atom. The number of benzene rings is 1. The zero-order valence-corrected chi connectivity index (χ0v) is 18.9. The van der Waals surface area contributed by atoms with Crippen molar-refractivity contribution in [3.8, 4) is 11.5 Å². The number of ether oxygens (including phenoxy) is 3. The van der Waals surface area contributed by atoms with Gasteiger partial charge in [0.25, 0.3) is 5.91 Å². The van der Waals surface area contributed by atoms with Crippen molar-refractivity contribution >= 4 is 5.91 Å². The molecule has 1 aromatic heterocycles. The summed E-state index contributed by atoms with van der Waals surface area (Å²) < 4.78 is 43.7. The van der Waals surface area contributed by atoms with Crippen LogP contribution in [-0.2, 0) is 24.4 Å². The van der Waals surface area contributed by atoms with Gasteiger partial charge >= 0.3 is 6.29 Å². The zero-order valence-electron chi connectivity index (χ0n) is 18.9. The minimum Gasteiger partial charge on any atom is -0.395 e. The maximum absolute atomic E-state index is 13.4. The topological polar surface area (TPSA) is 65.0 Å². The van der Waals surface area contributed by atoms with Gasteiger partial charge in [0.15, 0.2) is 11.5 Å². The number of nitrogens with one attached hydrogen (secondary N) is 1. The lowest BCUT2D eigenvalue weighted by molar-refractivity contribution is -0.286. The zero-order chi connectivity index (χ0) is 23.2. The quantitative estimate of drug-likeness (QED) is 0.699. The molecule has 1 fully saturated rings. The second kappa shape index (κ2) is 8.61. The molecule has 1 amide bonds. The molecule has 1 aromatic carbocycles. The van der Waals surface area contributed by atoms with Gasteiger partial charge in [-0.25, -0.2) is 0 Å². The van der Waals surface area contributed by atoms with Gasteiger partial charge in [0, 0.05) is 37.4 Å². The van der Waals surface area contributed by atoms with Crippen LogP contribution in [0, 0.1) is 0 Å². The molecule has 5 rings (SSSR count). The number of rotatable bonds is 6. The predicted molar refractivity (Wildman–Crippen MR) is 116 cm³/mol. The molecule has 0 unspecified atom stereocenters. The first-order chi connectivity index (χ1) is 15.9. The lowest BCUT2D eigenvalue weighted by Gasteiger charge is -2.24. The Hall–Kier alpha value is -2.65. The molecule has 0 aliphatic carbocycles. The van der Waals surface area contributed by atoms with Crippen LogP contribution in [0.25, 0.3) is 0 Å². The second-order valence-corrected chi connectivity index (χ2v) is 8.91. The van der Waals surface area contributed by atoms with Gasteiger partial charge in [-0.2, -0.15) is 0 Å².